The molecule has 2 saturated heterocycles. The number of urea groups is 1. The lowest BCUT2D eigenvalue weighted by molar-refractivity contribution is 0.0935. The minimum atomic E-state index is 0. The Morgan fingerprint density at radius 1 is 1.19 bits per heavy atom. The molecule has 2 amide bonds. The third kappa shape index (κ3) is 7.59. The number of nitrogens with one attached hydrogen (secondary N) is 1. The van der Waals surface area contributed by atoms with E-state index in [9.17, 15) is 4.79 Å². The van der Waals surface area contributed by atoms with Crippen LogP contribution in [0.2, 0.25) is 0 Å². The van der Waals surface area contributed by atoms with Gasteiger partial charge in [0.25, 0.3) is 0 Å². The van der Waals surface area contributed by atoms with Crippen LogP contribution in [0.5, 0.6) is 5.75 Å². The number of halogens is 1. The topological polar surface area (TPSA) is 68.6 Å². The van der Waals surface area contributed by atoms with E-state index in [-0.39, 0.29) is 24.5 Å². The summed E-state index contributed by atoms with van der Waals surface area (Å²) in [7, 11) is 0. The number of nitriles is 1. The predicted octanol–water partition coefficient (Wildman–Crippen LogP) is 4.43. The van der Waals surface area contributed by atoms with Crippen molar-refractivity contribution in [3.8, 4) is 11.8 Å². The number of carbonyl (C=O) groups excluding carboxylic acids is 1. The number of hydrogen-bond acceptors (Lipinski definition) is 4. The van der Waals surface area contributed by atoms with Gasteiger partial charge in [-0.3, -0.25) is 4.90 Å². The number of ether oxygens (including phenoxy) is 1. The molecule has 0 bridgehead atoms. The van der Waals surface area contributed by atoms with Gasteiger partial charge in [-0.1, -0.05) is 18.9 Å². The Hall–Kier alpha value is -1.97. The highest BCUT2D eigenvalue weighted by atomic mass is 35.5. The predicted molar refractivity (Wildman–Crippen MR) is 126 cm³/mol. The maximum Gasteiger partial charge on any atom is 0.317 e. The molecular weight excluding hydrogens is 412 g/mol. The van der Waals surface area contributed by atoms with Crippen LogP contribution in [-0.2, 0) is 0 Å². The number of amides is 2. The summed E-state index contributed by atoms with van der Waals surface area (Å²) in [5, 5.41) is 12.1. The number of carbonyl (C=O) groups is 1. The van der Waals surface area contributed by atoms with Crippen molar-refractivity contribution >= 4 is 18.4 Å². The van der Waals surface area contributed by atoms with Crippen LogP contribution in [0.1, 0.15) is 57.9 Å². The fourth-order valence-corrected chi connectivity index (χ4v) is 4.72. The minimum absolute atomic E-state index is 0. The second-order valence-corrected chi connectivity index (χ2v) is 8.88. The Kier molecular flexibility index (Phi) is 10.4. The Balaban J connectivity index is 0.00000341. The Morgan fingerprint density at radius 2 is 1.97 bits per heavy atom. The van der Waals surface area contributed by atoms with Crippen LogP contribution >= 0.6 is 12.4 Å². The maximum absolute atomic E-state index is 12.8. The van der Waals surface area contributed by atoms with Crippen LogP contribution in [0.25, 0.3) is 0 Å². The molecule has 0 saturated carbocycles. The third-order valence-corrected chi connectivity index (χ3v) is 6.29. The molecule has 3 rings (SSSR count). The fourth-order valence-electron chi connectivity index (χ4n) is 4.72. The first-order valence-electron chi connectivity index (χ1n) is 11.5. The van der Waals surface area contributed by atoms with Crippen molar-refractivity contribution in [1.82, 2.24) is 15.1 Å². The standard InChI is InChI=1S/C24H36N4O2.ClH/c1-19(2)26-24(29)28-12-5-3-4-9-23(28)21-10-13-27(14-11-21)15-16-30-22-8-6-7-20(17-22)18-25;/h6-8,17,19,21,23H,3-5,9-16H2,1-2H3,(H,26,29);1H. The molecule has 6 nitrogen and oxygen atoms in total. The van der Waals surface area contributed by atoms with Gasteiger partial charge in [-0.25, -0.2) is 4.79 Å². The van der Waals surface area contributed by atoms with Crippen molar-refractivity contribution in [2.75, 3.05) is 32.8 Å². The van der Waals surface area contributed by atoms with Crippen molar-refractivity contribution in [3.05, 3.63) is 29.8 Å². The van der Waals surface area contributed by atoms with Gasteiger partial charge in [0.1, 0.15) is 12.4 Å². The summed E-state index contributed by atoms with van der Waals surface area (Å²) in [6, 6.07) is 10.1. The SMILES string of the molecule is CC(C)NC(=O)N1CCCCCC1C1CCN(CCOc2cccc(C#N)c2)CC1.Cl. The van der Waals surface area contributed by atoms with Crippen molar-refractivity contribution in [2.24, 2.45) is 5.92 Å². The number of hydrogen-bond donors (Lipinski definition) is 1. The van der Waals surface area contributed by atoms with Crippen LogP contribution in [0.3, 0.4) is 0 Å². The van der Waals surface area contributed by atoms with Crippen LogP contribution < -0.4 is 10.1 Å². The zero-order chi connectivity index (χ0) is 21.3. The van der Waals surface area contributed by atoms with E-state index >= 15 is 0 Å². The second-order valence-electron chi connectivity index (χ2n) is 8.88. The average Bonchev–Trinajstić information content (AvgIpc) is 3.00. The largest absolute Gasteiger partial charge is 0.492 e. The molecule has 172 valence electrons. The van der Waals surface area contributed by atoms with Crippen LogP contribution in [0, 0.1) is 17.2 Å². The van der Waals surface area contributed by atoms with Gasteiger partial charge in [-0.2, -0.15) is 5.26 Å². The Labute approximate surface area is 193 Å². The van der Waals surface area contributed by atoms with Gasteiger partial charge in [-0.05, 0) is 76.7 Å². The summed E-state index contributed by atoms with van der Waals surface area (Å²) in [5.41, 5.74) is 0.628. The first-order chi connectivity index (χ1) is 14.6. The first kappa shape index (κ1) is 25.3. The van der Waals surface area contributed by atoms with E-state index in [1.807, 2.05) is 26.0 Å². The average molecular weight is 449 g/mol. The molecule has 2 heterocycles. The smallest absolute Gasteiger partial charge is 0.317 e. The molecule has 1 N–H and O–H groups in total. The molecular formula is C24H37ClN4O2. The highest BCUT2D eigenvalue weighted by Gasteiger charge is 2.34. The monoisotopic (exact) mass is 448 g/mol. The summed E-state index contributed by atoms with van der Waals surface area (Å²) in [5.74, 6) is 1.35. The lowest BCUT2D eigenvalue weighted by atomic mass is 9.86. The van der Waals surface area contributed by atoms with Gasteiger partial charge >= 0.3 is 6.03 Å². The van der Waals surface area contributed by atoms with Crippen molar-refractivity contribution in [2.45, 2.75) is 64.5 Å². The molecule has 1 unspecified atom stereocenters. The molecule has 2 aliphatic heterocycles. The second kappa shape index (κ2) is 12.8. The maximum atomic E-state index is 12.8. The Bertz CT molecular complexity index is 729. The summed E-state index contributed by atoms with van der Waals surface area (Å²) >= 11 is 0. The number of piperidine rings is 1. The molecule has 1 aromatic carbocycles. The van der Waals surface area contributed by atoms with Gasteiger partial charge in [0.2, 0.25) is 0 Å². The molecule has 0 aromatic heterocycles. The number of rotatable bonds is 6. The van der Waals surface area contributed by atoms with E-state index in [1.165, 1.54) is 12.8 Å². The van der Waals surface area contributed by atoms with E-state index in [4.69, 9.17) is 10.00 Å². The lowest BCUT2D eigenvalue weighted by Crippen LogP contribution is -2.52. The summed E-state index contributed by atoms with van der Waals surface area (Å²) in [6.07, 6.45) is 6.98. The van der Waals surface area contributed by atoms with Crippen LogP contribution in [0.15, 0.2) is 24.3 Å². The van der Waals surface area contributed by atoms with Crippen molar-refractivity contribution < 1.29 is 9.53 Å². The van der Waals surface area contributed by atoms with Crippen molar-refractivity contribution in [1.29, 1.82) is 5.26 Å². The summed E-state index contributed by atoms with van der Waals surface area (Å²) in [6.45, 7) is 8.59. The van der Waals surface area contributed by atoms with Gasteiger partial charge in [0.05, 0.1) is 11.6 Å². The molecule has 31 heavy (non-hydrogen) atoms. The zero-order valence-electron chi connectivity index (χ0n) is 18.9. The highest BCUT2D eigenvalue weighted by Crippen LogP contribution is 2.30. The Morgan fingerprint density at radius 3 is 2.68 bits per heavy atom. The van der Waals surface area contributed by atoms with E-state index in [2.05, 4.69) is 21.2 Å². The molecule has 1 aromatic rings. The molecule has 0 radical (unpaired) electrons. The zero-order valence-corrected chi connectivity index (χ0v) is 19.7. The lowest BCUT2D eigenvalue weighted by Gasteiger charge is -2.40. The minimum Gasteiger partial charge on any atom is -0.492 e. The van der Waals surface area contributed by atoms with E-state index in [0.717, 1.165) is 57.6 Å². The van der Waals surface area contributed by atoms with E-state index in [0.29, 0.717) is 24.1 Å². The highest BCUT2D eigenvalue weighted by molar-refractivity contribution is 5.85. The molecule has 0 aliphatic carbocycles. The van der Waals surface area contributed by atoms with Crippen molar-refractivity contribution in [3.63, 3.8) is 0 Å². The normalized spacial score (nSPS) is 20.5. The first-order valence-corrected chi connectivity index (χ1v) is 11.5. The molecule has 7 heteroatoms. The van der Waals surface area contributed by atoms with E-state index < -0.39 is 0 Å². The van der Waals surface area contributed by atoms with Gasteiger partial charge < -0.3 is 15.0 Å². The molecule has 1 atom stereocenters. The van der Waals surface area contributed by atoms with Crippen LogP contribution in [0.4, 0.5) is 4.79 Å². The fraction of sp³-hybridized carbons (Fsp3) is 0.667. The number of benzene rings is 1. The molecule has 0 spiro atoms. The van der Waals surface area contributed by atoms with E-state index in [1.54, 1.807) is 12.1 Å². The van der Waals surface area contributed by atoms with Gasteiger partial charge in [0.15, 0.2) is 0 Å². The van der Waals surface area contributed by atoms with Gasteiger partial charge in [0, 0.05) is 25.2 Å². The molecule has 2 aliphatic rings. The summed E-state index contributed by atoms with van der Waals surface area (Å²) in [4.78, 5) is 17.4. The van der Waals surface area contributed by atoms with Crippen LogP contribution in [-0.4, -0.2) is 60.7 Å². The quantitative estimate of drug-likeness (QED) is 0.698. The third-order valence-electron chi connectivity index (χ3n) is 6.29. The molecule has 2 fully saturated rings. The number of likely N-dealkylation sites (tertiary alicyclic amines) is 2. The number of nitrogens with zero attached hydrogens (tertiary/aromatic N) is 3. The summed E-state index contributed by atoms with van der Waals surface area (Å²) < 4.78 is 5.84. The van der Waals surface area contributed by atoms with Gasteiger partial charge in [-0.15, -0.1) is 12.4 Å².